The van der Waals surface area contributed by atoms with Gasteiger partial charge in [0, 0.05) is 24.7 Å². The van der Waals surface area contributed by atoms with E-state index >= 15 is 0 Å². The van der Waals surface area contributed by atoms with Gasteiger partial charge in [-0.3, -0.25) is 9.36 Å². The Kier molecular flexibility index (Phi) is 6.27. The highest BCUT2D eigenvalue weighted by molar-refractivity contribution is 7.89. The van der Waals surface area contributed by atoms with E-state index in [1.165, 1.54) is 47.5 Å². The maximum absolute atomic E-state index is 13.6. The lowest BCUT2D eigenvalue weighted by Crippen LogP contribution is -2.37. The molecule has 4 rings (SSSR count). The Morgan fingerprint density at radius 2 is 1.70 bits per heavy atom. The Hall–Kier alpha value is -3.17. The molecule has 1 fully saturated rings. The molecule has 0 saturated carbocycles. The number of fused-ring (bicyclic) bond motifs is 1. The Bertz CT molecular complexity index is 1320. The van der Waals surface area contributed by atoms with Crippen LogP contribution in [-0.2, 0) is 14.8 Å². The summed E-state index contributed by atoms with van der Waals surface area (Å²) in [5.41, 5.74) is 0.830. The van der Waals surface area contributed by atoms with Crippen molar-refractivity contribution in [2.45, 2.75) is 24.7 Å². The lowest BCUT2D eigenvalue weighted by atomic mass is 10.0. The van der Waals surface area contributed by atoms with Gasteiger partial charge < -0.3 is 9.47 Å². The topological polar surface area (TPSA) is 94.9 Å². The summed E-state index contributed by atoms with van der Waals surface area (Å²) in [7, 11) is -1.07. The molecule has 1 saturated heterocycles. The van der Waals surface area contributed by atoms with Crippen molar-refractivity contribution >= 4 is 32.8 Å². The highest BCUT2D eigenvalue weighted by Gasteiger charge is 2.30. The van der Waals surface area contributed by atoms with E-state index < -0.39 is 21.9 Å². The second kappa shape index (κ2) is 8.99. The second-order valence-electron chi connectivity index (χ2n) is 8.18. The Labute approximate surface area is 192 Å². The number of ether oxygens (including phenoxy) is 2. The van der Waals surface area contributed by atoms with Crippen molar-refractivity contribution in [3.8, 4) is 5.75 Å². The summed E-state index contributed by atoms with van der Waals surface area (Å²) in [6, 6.07) is 11.2. The first-order chi connectivity index (χ1) is 15.8. The van der Waals surface area contributed by atoms with Gasteiger partial charge in [-0.05, 0) is 43.0 Å². The largest absolute Gasteiger partial charge is 0.496 e. The van der Waals surface area contributed by atoms with E-state index in [0.29, 0.717) is 29.9 Å². The highest BCUT2D eigenvalue weighted by Crippen LogP contribution is 2.30. The fourth-order valence-electron chi connectivity index (χ4n) is 4.14. The van der Waals surface area contributed by atoms with Crippen LogP contribution in [0.1, 0.15) is 40.5 Å². The molecule has 2 aromatic carbocycles. The van der Waals surface area contributed by atoms with E-state index in [0.717, 1.165) is 12.8 Å². The predicted molar refractivity (Wildman–Crippen MR) is 123 cm³/mol. The van der Waals surface area contributed by atoms with Gasteiger partial charge in [0.2, 0.25) is 10.0 Å². The summed E-state index contributed by atoms with van der Waals surface area (Å²) in [6.07, 6.45) is 3.01. The number of para-hydroxylation sites is 1. The summed E-state index contributed by atoms with van der Waals surface area (Å²) in [6.45, 7) is 3.01. The SMILES string of the molecule is COC(=O)c1cn(C(=O)c2cc(S(=O)(=O)N3CCC(C)CC3)ccc2OC)c2ccccc12. The monoisotopic (exact) mass is 470 g/mol. The zero-order valence-electron chi connectivity index (χ0n) is 18.8. The van der Waals surface area contributed by atoms with Gasteiger partial charge in [-0.2, -0.15) is 4.31 Å². The average molecular weight is 471 g/mol. The van der Waals surface area contributed by atoms with Crippen LogP contribution in [-0.4, -0.2) is 56.5 Å². The van der Waals surface area contributed by atoms with Crippen LogP contribution in [0.25, 0.3) is 10.9 Å². The number of carbonyl (C=O) groups is 2. The molecule has 1 aromatic heterocycles. The number of benzene rings is 2. The molecule has 0 bridgehead atoms. The Morgan fingerprint density at radius 3 is 2.36 bits per heavy atom. The minimum atomic E-state index is -3.76. The summed E-state index contributed by atoms with van der Waals surface area (Å²) >= 11 is 0. The molecule has 0 spiro atoms. The number of aromatic nitrogens is 1. The molecular formula is C24H26N2O6S. The fraction of sp³-hybridized carbons (Fsp3) is 0.333. The van der Waals surface area contributed by atoms with E-state index in [1.807, 2.05) is 0 Å². The number of hydrogen-bond donors (Lipinski definition) is 0. The normalized spacial score (nSPS) is 15.5. The fourth-order valence-corrected chi connectivity index (χ4v) is 5.64. The number of hydrogen-bond acceptors (Lipinski definition) is 6. The zero-order chi connectivity index (χ0) is 23.8. The first-order valence-electron chi connectivity index (χ1n) is 10.7. The van der Waals surface area contributed by atoms with Crippen molar-refractivity contribution in [2.75, 3.05) is 27.3 Å². The minimum absolute atomic E-state index is 0.0332. The van der Waals surface area contributed by atoms with E-state index in [9.17, 15) is 18.0 Å². The average Bonchev–Trinajstić information content (AvgIpc) is 3.22. The summed E-state index contributed by atoms with van der Waals surface area (Å²) in [4.78, 5) is 25.9. The van der Waals surface area contributed by atoms with E-state index in [1.54, 1.807) is 24.3 Å². The van der Waals surface area contributed by atoms with Crippen molar-refractivity contribution in [1.29, 1.82) is 0 Å². The summed E-state index contributed by atoms with van der Waals surface area (Å²) in [5, 5.41) is 0.558. The summed E-state index contributed by atoms with van der Waals surface area (Å²) < 4.78 is 39.5. The van der Waals surface area contributed by atoms with Crippen LogP contribution in [0.4, 0.5) is 0 Å². The zero-order valence-corrected chi connectivity index (χ0v) is 19.6. The van der Waals surface area contributed by atoms with Gasteiger partial charge in [0.05, 0.1) is 35.8 Å². The van der Waals surface area contributed by atoms with Crippen molar-refractivity contribution in [2.24, 2.45) is 5.92 Å². The van der Waals surface area contributed by atoms with Gasteiger partial charge >= 0.3 is 5.97 Å². The maximum atomic E-state index is 13.6. The number of methoxy groups -OCH3 is 2. The molecule has 0 atom stereocenters. The third kappa shape index (κ3) is 4.14. The van der Waals surface area contributed by atoms with Crippen LogP contribution >= 0.6 is 0 Å². The van der Waals surface area contributed by atoms with Gasteiger partial charge in [0.1, 0.15) is 5.75 Å². The molecule has 0 amide bonds. The number of piperidine rings is 1. The number of sulfonamides is 1. The van der Waals surface area contributed by atoms with E-state index in [2.05, 4.69) is 6.92 Å². The Morgan fingerprint density at radius 1 is 1.00 bits per heavy atom. The number of esters is 1. The number of rotatable bonds is 5. The van der Waals surface area contributed by atoms with Gasteiger partial charge in [0.15, 0.2) is 0 Å². The lowest BCUT2D eigenvalue weighted by molar-refractivity contribution is 0.0603. The highest BCUT2D eigenvalue weighted by atomic mass is 32.2. The van der Waals surface area contributed by atoms with Crippen LogP contribution in [0.15, 0.2) is 53.6 Å². The second-order valence-corrected chi connectivity index (χ2v) is 10.1. The molecule has 1 aliphatic rings. The molecule has 33 heavy (non-hydrogen) atoms. The smallest absolute Gasteiger partial charge is 0.340 e. The van der Waals surface area contributed by atoms with Crippen molar-refractivity contribution < 1.29 is 27.5 Å². The molecular weight excluding hydrogens is 444 g/mol. The molecule has 0 radical (unpaired) electrons. The van der Waals surface area contributed by atoms with Crippen LogP contribution in [0.2, 0.25) is 0 Å². The van der Waals surface area contributed by atoms with Crippen molar-refractivity contribution in [3.05, 3.63) is 59.8 Å². The molecule has 0 unspecified atom stereocenters. The molecule has 2 heterocycles. The Balaban J connectivity index is 1.80. The standard InChI is InChI=1S/C24H26N2O6S/c1-16-10-12-25(13-11-16)33(29,30)17-8-9-22(31-2)19(14-17)23(27)26-15-20(24(28)32-3)18-6-4-5-7-21(18)26/h4-9,14-16H,10-13H2,1-3H3. The van der Waals surface area contributed by atoms with Crippen LogP contribution in [0.5, 0.6) is 5.75 Å². The van der Waals surface area contributed by atoms with Crippen molar-refractivity contribution in [3.63, 3.8) is 0 Å². The molecule has 9 heteroatoms. The lowest BCUT2D eigenvalue weighted by Gasteiger charge is -2.29. The van der Waals surface area contributed by atoms with Gasteiger partial charge in [0.25, 0.3) is 5.91 Å². The first kappa shape index (κ1) is 23.0. The van der Waals surface area contributed by atoms with Crippen LogP contribution in [0, 0.1) is 5.92 Å². The van der Waals surface area contributed by atoms with Crippen LogP contribution < -0.4 is 4.74 Å². The number of nitrogens with zero attached hydrogens (tertiary/aromatic N) is 2. The molecule has 1 aliphatic heterocycles. The predicted octanol–water partition coefficient (Wildman–Crippen LogP) is 3.55. The quantitative estimate of drug-likeness (QED) is 0.530. The van der Waals surface area contributed by atoms with E-state index in [4.69, 9.17) is 9.47 Å². The molecule has 3 aromatic rings. The molecule has 0 N–H and O–H groups in total. The van der Waals surface area contributed by atoms with Gasteiger partial charge in [-0.25, -0.2) is 13.2 Å². The van der Waals surface area contributed by atoms with E-state index in [-0.39, 0.29) is 21.8 Å². The first-order valence-corrected chi connectivity index (χ1v) is 12.1. The van der Waals surface area contributed by atoms with Crippen molar-refractivity contribution in [1.82, 2.24) is 8.87 Å². The van der Waals surface area contributed by atoms with Gasteiger partial charge in [-0.15, -0.1) is 0 Å². The van der Waals surface area contributed by atoms with Crippen LogP contribution in [0.3, 0.4) is 0 Å². The van der Waals surface area contributed by atoms with Gasteiger partial charge in [-0.1, -0.05) is 25.1 Å². The molecule has 0 aliphatic carbocycles. The molecule has 8 nitrogen and oxygen atoms in total. The molecule has 174 valence electrons. The third-order valence-electron chi connectivity index (χ3n) is 6.12. The third-order valence-corrected chi connectivity index (χ3v) is 8.01. The maximum Gasteiger partial charge on any atom is 0.340 e. The summed E-state index contributed by atoms with van der Waals surface area (Å²) in [5.74, 6) is -0.359. The number of carbonyl (C=O) groups excluding carboxylic acids is 2. The minimum Gasteiger partial charge on any atom is -0.496 e.